The number of hydrogen-bond donors (Lipinski definition) is 1. The number of ether oxygens (including phenoxy) is 1. The fourth-order valence-electron chi connectivity index (χ4n) is 3.37. The number of methoxy groups -OCH3 is 1. The largest absolute Gasteiger partial charge is 0.495 e. The van der Waals surface area contributed by atoms with Gasteiger partial charge in [0.15, 0.2) is 0 Å². The Morgan fingerprint density at radius 3 is 2.34 bits per heavy atom. The zero-order valence-corrected chi connectivity index (χ0v) is 17.3. The summed E-state index contributed by atoms with van der Waals surface area (Å²) in [4.78, 5) is 17.5. The second-order valence-electron chi connectivity index (χ2n) is 6.76. The predicted octanol–water partition coefficient (Wildman–Crippen LogP) is 4.16. The van der Waals surface area contributed by atoms with Crippen molar-refractivity contribution in [3.8, 4) is 5.75 Å². The van der Waals surface area contributed by atoms with Gasteiger partial charge in [-0.2, -0.15) is 8.78 Å². The summed E-state index contributed by atoms with van der Waals surface area (Å²) < 4.78 is 30.2. The van der Waals surface area contributed by atoms with E-state index in [1.54, 1.807) is 31.4 Å². The monoisotopic (exact) mass is 421 g/mol. The summed E-state index contributed by atoms with van der Waals surface area (Å²) >= 11 is 0.488. The average molecular weight is 422 g/mol. The lowest BCUT2D eigenvalue weighted by atomic mass is 10.2. The van der Waals surface area contributed by atoms with E-state index in [1.807, 2.05) is 31.2 Å². The quantitative estimate of drug-likeness (QED) is 0.681. The van der Waals surface area contributed by atoms with Crippen molar-refractivity contribution in [1.82, 2.24) is 4.90 Å². The van der Waals surface area contributed by atoms with Gasteiger partial charge < -0.3 is 15.0 Å². The molecule has 29 heavy (non-hydrogen) atoms. The van der Waals surface area contributed by atoms with E-state index in [0.717, 1.165) is 37.6 Å². The first-order valence-corrected chi connectivity index (χ1v) is 10.3. The Bertz CT molecular complexity index is 812. The molecular formula is C21H25F2N3O2S. The number of rotatable bonds is 7. The molecule has 0 aromatic heterocycles. The summed E-state index contributed by atoms with van der Waals surface area (Å²) in [5.74, 6) is -1.71. The number of amides is 1. The first-order valence-electron chi connectivity index (χ1n) is 9.45. The number of carbonyl (C=O) groups excluding carboxylic acids is 1. The molecule has 1 N–H and O–H groups in total. The first kappa shape index (κ1) is 21.4. The average Bonchev–Trinajstić information content (AvgIpc) is 2.74. The van der Waals surface area contributed by atoms with E-state index in [0.29, 0.717) is 22.3 Å². The van der Waals surface area contributed by atoms with Crippen LogP contribution in [0, 0.1) is 0 Å². The molecule has 0 bridgehead atoms. The van der Waals surface area contributed by atoms with Crippen molar-refractivity contribution in [2.24, 2.45) is 0 Å². The van der Waals surface area contributed by atoms with Crippen LogP contribution < -0.4 is 15.0 Å². The number of piperazine rings is 1. The van der Waals surface area contributed by atoms with Gasteiger partial charge in [-0.15, -0.1) is 0 Å². The van der Waals surface area contributed by atoms with E-state index >= 15 is 0 Å². The Balaban J connectivity index is 1.53. The van der Waals surface area contributed by atoms with E-state index in [4.69, 9.17) is 4.74 Å². The smallest absolute Gasteiger partial charge is 0.288 e. The molecule has 8 heteroatoms. The minimum atomic E-state index is -2.45. The van der Waals surface area contributed by atoms with Crippen LogP contribution in [0.1, 0.15) is 6.92 Å². The van der Waals surface area contributed by atoms with Crippen molar-refractivity contribution in [2.75, 3.05) is 43.5 Å². The van der Waals surface area contributed by atoms with Crippen LogP contribution in [0.3, 0.4) is 0 Å². The highest BCUT2D eigenvalue weighted by atomic mass is 32.2. The van der Waals surface area contributed by atoms with Crippen LogP contribution in [0.2, 0.25) is 0 Å². The second-order valence-corrected chi connectivity index (χ2v) is 7.83. The van der Waals surface area contributed by atoms with Crippen LogP contribution in [0.4, 0.5) is 20.2 Å². The first-order chi connectivity index (χ1) is 14.0. The van der Waals surface area contributed by atoms with Gasteiger partial charge in [-0.25, -0.2) is 0 Å². The lowest BCUT2D eigenvalue weighted by Crippen LogP contribution is -2.52. The van der Waals surface area contributed by atoms with E-state index in [9.17, 15) is 13.6 Å². The highest BCUT2D eigenvalue weighted by Gasteiger charge is 2.26. The van der Waals surface area contributed by atoms with Gasteiger partial charge in [0.1, 0.15) is 5.75 Å². The Labute approximate surface area is 174 Å². The third kappa shape index (κ3) is 5.61. The Kier molecular flexibility index (Phi) is 7.33. The highest BCUT2D eigenvalue weighted by molar-refractivity contribution is 7.99. The number of para-hydroxylation sites is 2. The molecule has 1 aliphatic rings. The summed E-state index contributed by atoms with van der Waals surface area (Å²) in [6.45, 7) is 5.01. The van der Waals surface area contributed by atoms with E-state index in [1.165, 1.54) is 0 Å². The van der Waals surface area contributed by atoms with E-state index in [-0.39, 0.29) is 11.9 Å². The summed E-state index contributed by atoms with van der Waals surface area (Å²) in [6, 6.07) is 14.1. The van der Waals surface area contributed by atoms with Crippen molar-refractivity contribution >= 4 is 29.0 Å². The number of carbonyl (C=O) groups is 1. The number of halogens is 2. The van der Waals surface area contributed by atoms with Crippen molar-refractivity contribution in [2.45, 2.75) is 23.6 Å². The number of nitrogens with one attached hydrogen (secondary N) is 1. The molecular weight excluding hydrogens is 396 g/mol. The lowest BCUT2D eigenvalue weighted by molar-refractivity contribution is -0.120. The van der Waals surface area contributed by atoms with Gasteiger partial charge in [0.25, 0.3) is 5.76 Å². The van der Waals surface area contributed by atoms with Crippen LogP contribution in [-0.4, -0.2) is 55.9 Å². The van der Waals surface area contributed by atoms with Crippen LogP contribution in [0.25, 0.3) is 0 Å². The topological polar surface area (TPSA) is 44.8 Å². The van der Waals surface area contributed by atoms with Gasteiger partial charge in [-0.1, -0.05) is 23.9 Å². The summed E-state index contributed by atoms with van der Waals surface area (Å²) in [5, 5.41) is 2.87. The van der Waals surface area contributed by atoms with Gasteiger partial charge in [0, 0.05) is 36.8 Å². The van der Waals surface area contributed by atoms with E-state index < -0.39 is 5.76 Å². The molecule has 0 spiro atoms. The van der Waals surface area contributed by atoms with Crippen molar-refractivity contribution in [1.29, 1.82) is 0 Å². The number of hydrogen-bond acceptors (Lipinski definition) is 5. The minimum Gasteiger partial charge on any atom is -0.495 e. The van der Waals surface area contributed by atoms with Crippen LogP contribution in [0.5, 0.6) is 5.75 Å². The fraction of sp³-hybridized carbons (Fsp3) is 0.381. The maximum Gasteiger partial charge on any atom is 0.288 e. The molecule has 2 aromatic rings. The van der Waals surface area contributed by atoms with E-state index in [2.05, 4.69) is 15.1 Å². The molecule has 1 fully saturated rings. The van der Waals surface area contributed by atoms with Gasteiger partial charge >= 0.3 is 0 Å². The standard InChI is InChI=1S/C21H25F2N3O2S/c1-15(20(27)24-16-7-9-17(10-8-16)29-21(22)23)25-11-13-26(14-12-25)18-5-3-4-6-19(18)28-2/h3-10,15,21H,11-14H2,1-2H3,(H,24,27)/t15-/m0/s1. The predicted molar refractivity (Wildman–Crippen MR) is 113 cm³/mol. The Hall–Kier alpha value is -2.32. The molecule has 0 unspecified atom stereocenters. The number of thioether (sulfide) groups is 1. The summed E-state index contributed by atoms with van der Waals surface area (Å²) in [7, 11) is 1.67. The molecule has 1 atom stereocenters. The number of benzene rings is 2. The number of nitrogens with zero attached hydrogens (tertiary/aromatic N) is 2. The molecule has 1 aliphatic heterocycles. The summed E-state index contributed by atoms with van der Waals surface area (Å²) in [6.07, 6.45) is 0. The zero-order chi connectivity index (χ0) is 20.8. The van der Waals surface area contributed by atoms with Gasteiger partial charge in [-0.05, 0) is 43.3 Å². The number of alkyl halides is 2. The molecule has 1 amide bonds. The Morgan fingerprint density at radius 1 is 1.07 bits per heavy atom. The third-order valence-electron chi connectivity index (χ3n) is 5.01. The minimum absolute atomic E-state index is 0.106. The van der Waals surface area contributed by atoms with Crippen LogP contribution >= 0.6 is 11.8 Å². The van der Waals surface area contributed by atoms with Gasteiger partial charge in [0.05, 0.1) is 18.8 Å². The second kappa shape index (κ2) is 9.93. The number of anilines is 2. The molecule has 3 rings (SSSR count). The normalized spacial score (nSPS) is 16.0. The SMILES string of the molecule is COc1ccccc1N1CCN([C@@H](C)C(=O)Nc2ccc(SC(F)F)cc2)CC1. The highest BCUT2D eigenvalue weighted by Crippen LogP contribution is 2.29. The van der Waals surface area contributed by atoms with Gasteiger partial charge in [-0.3, -0.25) is 9.69 Å². The molecule has 5 nitrogen and oxygen atoms in total. The zero-order valence-electron chi connectivity index (χ0n) is 16.5. The maximum absolute atomic E-state index is 12.6. The molecule has 0 aliphatic carbocycles. The van der Waals surface area contributed by atoms with Crippen LogP contribution in [0.15, 0.2) is 53.4 Å². The summed E-state index contributed by atoms with van der Waals surface area (Å²) in [5.41, 5.74) is 1.67. The van der Waals surface area contributed by atoms with Crippen molar-refractivity contribution < 1.29 is 18.3 Å². The maximum atomic E-state index is 12.6. The molecule has 1 saturated heterocycles. The van der Waals surface area contributed by atoms with Gasteiger partial charge in [0.2, 0.25) is 5.91 Å². The van der Waals surface area contributed by atoms with Crippen molar-refractivity contribution in [3.05, 3.63) is 48.5 Å². The van der Waals surface area contributed by atoms with Crippen molar-refractivity contribution in [3.63, 3.8) is 0 Å². The molecule has 1 heterocycles. The molecule has 2 aromatic carbocycles. The lowest BCUT2D eigenvalue weighted by Gasteiger charge is -2.38. The molecule has 0 saturated carbocycles. The third-order valence-corrected chi connectivity index (χ3v) is 5.74. The Morgan fingerprint density at radius 2 is 1.72 bits per heavy atom. The van der Waals surface area contributed by atoms with Crippen LogP contribution in [-0.2, 0) is 4.79 Å². The fourth-order valence-corrected chi connectivity index (χ4v) is 3.87. The molecule has 156 valence electrons. The molecule has 0 radical (unpaired) electrons.